The maximum atomic E-state index is 14.0. The monoisotopic (exact) mass is 264 g/mol. The molecule has 3 unspecified atom stereocenters. The Morgan fingerprint density at radius 2 is 2.11 bits per heavy atom. The summed E-state index contributed by atoms with van der Waals surface area (Å²) in [6.45, 7) is 5.94. The molecule has 1 aliphatic carbocycles. The Kier molecular flexibility index (Phi) is 4.94. The Hall–Kier alpha value is -0.930. The highest BCUT2D eigenvalue weighted by Gasteiger charge is 2.33. The molecular weight excluding hydrogens is 239 g/mol. The fourth-order valence-corrected chi connectivity index (χ4v) is 3.52. The molecule has 0 spiro atoms. The Morgan fingerprint density at radius 1 is 1.37 bits per heavy atom. The van der Waals surface area contributed by atoms with E-state index in [-0.39, 0.29) is 11.9 Å². The summed E-state index contributed by atoms with van der Waals surface area (Å²) >= 11 is 0. The van der Waals surface area contributed by atoms with E-state index in [4.69, 9.17) is 5.73 Å². The number of hydrogen-bond donors (Lipinski definition) is 1. The third kappa shape index (κ3) is 2.98. The van der Waals surface area contributed by atoms with Gasteiger partial charge in [-0.3, -0.25) is 4.90 Å². The number of nitrogens with zero attached hydrogens (tertiary/aromatic N) is 1. The van der Waals surface area contributed by atoms with Gasteiger partial charge in [0.15, 0.2) is 0 Å². The van der Waals surface area contributed by atoms with Gasteiger partial charge in [-0.05, 0) is 44.8 Å². The van der Waals surface area contributed by atoms with Crippen LogP contribution in [0.1, 0.15) is 44.7 Å². The van der Waals surface area contributed by atoms with Crippen LogP contribution in [-0.4, -0.2) is 24.0 Å². The highest BCUT2D eigenvalue weighted by Crippen LogP contribution is 2.34. The predicted molar refractivity (Wildman–Crippen MR) is 77.4 cm³/mol. The number of nitrogens with two attached hydrogens (primary N) is 1. The SMILES string of the molecule is CCN(C(C)c1ccccc1F)C1CCCC1CN. The van der Waals surface area contributed by atoms with Crippen LogP contribution in [0.15, 0.2) is 24.3 Å². The summed E-state index contributed by atoms with van der Waals surface area (Å²) in [7, 11) is 0. The van der Waals surface area contributed by atoms with Crippen LogP contribution in [0.4, 0.5) is 4.39 Å². The lowest BCUT2D eigenvalue weighted by atomic mass is 9.98. The molecule has 2 rings (SSSR count). The molecule has 1 aliphatic rings. The maximum absolute atomic E-state index is 14.0. The summed E-state index contributed by atoms with van der Waals surface area (Å²) in [5.41, 5.74) is 6.68. The molecule has 1 saturated carbocycles. The summed E-state index contributed by atoms with van der Waals surface area (Å²) in [5.74, 6) is 0.463. The topological polar surface area (TPSA) is 29.3 Å². The van der Waals surface area contributed by atoms with Crippen molar-refractivity contribution in [1.29, 1.82) is 0 Å². The smallest absolute Gasteiger partial charge is 0.127 e. The quantitative estimate of drug-likeness (QED) is 0.884. The van der Waals surface area contributed by atoms with Gasteiger partial charge in [-0.25, -0.2) is 4.39 Å². The van der Waals surface area contributed by atoms with Gasteiger partial charge in [0.25, 0.3) is 0 Å². The first-order chi connectivity index (χ1) is 9.19. The van der Waals surface area contributed by atoms with Gasteiger partial charge in [0, 0.05) is 17.6 Å². The second-order valence-corrected chi connectivity index (χ2v) is 5.52. The van der Waals surface area contributed by atoms with Gasteiger partial charge in [0.05, 0.1) is 0 Å². The average molecular weight is 264 g/mol. The van der Waals surface area contributed by atoms with Crippen molar-refractivity contribution in [2.24, 2.45) is 11.7 Å². The van der Waals surface area contributed by atoms with E-state index in [1.54, 1.807) is 12.1 Å². The molecule has 3 atom stereocenters. The minimum absolute atomic E-state index is 0.101. The van der Waals surface area contributed by atoms with Gasteiger partial charge in [-0.2, -0.15) is 0 Å². The number of halogens is 1. The molecule has 0 radical (unpaired) electrons. The second-order valence-electron chi connectivity index (χ2n) is 5.52. The second kappa shape index (κ2) is 6.49. The van der Waals surface area contributed by atoms with Gasteiger partial charge < -0.3 is 5.73 Å². The van der Waals surface area contributed by atoms with Gasteiger partial charge in [-0.1, -0.05) is 31.5 Å². The average Bonchev–Trinajstić information content (AvgIpc) is 2.88. The van der Waals surface area contributed by atoms with Crippen molar-refractivity contribution in [3.63, 3.8) is 0 Å². The first-order valence-corrected chi connectivity index (χ1v) is 7.39. The van der Waals surface area contributed by atoms with Crippen molar-refractivity contribution in [3.05, 3.63) is 35.6 Å². The lowest BCUT2D eigenvalue weighted by Crippen LogP contribution is -2.41. The van der Waals surface area contributed by atoms with E-state index in [9.17, 15) is 4.39 Å². The molecule has 2 N–H and O–H groups in total. The van der Waals surface area contributed by atoms with E-state index in [0.717, 1.165) is 18.7 Å². The molecule has 3 heteroatoms. The highest BCUT2D eigenvalue weighted by molar-refractivity contribution is 5.21. The molecule has 0 amide bonds. The minimum atomic E-state index is -0.101. The zero-order chi connectivity index (χ0) is 13.8. The van der Waals surface area contributed by atoms with E-state index in [2.05, 4.69) is 18.7 Å². The fraction of sp³-hybridized carbons (Fsp3) is 0.625. The fourth-order valence-electron chi connectivity index (χ4n) is 3.52. The highest BCUT2D eigenvalue weighted by atomic mass is 19.1. The molecular formula is C16H25FN2. The van der Waals surface area contributed by atoms with Crippen molar-refractivity contribution < 1.29 is 4.39 Å². The molecule has 106 valence electrons. The van der Waals surface area contributed by atoms with Crippen molar-refractivity contribution in [3.8, 4) is 0 Å². The van der Waals surface area contributed by atoms with Gasteiger partial charge >= 0.3 is 0 Å². The van der Waals surface area contributed by atoms with E-state index < -0.39 is 0 Å². The third-order valence-corrected chi connectivity index (χ3v) is 4.57. The van der Waals surface area contributed by atoms with E-state index >= 15 is 0 Å². The molecule has 2 nitrogen and oxygen atoms in total. The Balaban J connectivity index is 2.19. The number of hydrogen-bond acceptors (Lipinski definition) is 2. The Labute approximate surface area is 115 Å². The molecule has 1 fully saturated rings. The Morgan fingerprint density at radius 3 is 2.74 bits per heavy atom. The summed E-state index contributed by atoms with van der Waals surface area (Å²) in [6, 6.07) is 7.73. The summed E-state index contributed by atoms with van der Waals surface area (Å²) in [5, 5.41) is 0. The van der Waals surface area contributed by atoms with E-state index in [1.807, 2.05) is 12.1 Å². The van der Waals surface area contributed by atoms with Crippen molar-refractivity contribution in [2.45, 2.75) is 45.2 Å². The lowest BCUT2D eigenvalue weighted by molar-refractivity contribution is 0.121. The van der Waals surface area contributed by atoms with Crippen LogP contribution in [0.3, 0.4) is 0 Å². The van der Waals surface area contributed by atoms with Gasteiger partial charge in [0.2, 0.25) is 0 Å². The number of benzene rings is 1. The molecule has 19 heavy (non-hydrogen) atoms. The molecule has 0 aliphatic heterocycles. The van der Waals surface area contributed by atoms with Crippen LogP contribution in [-0.2, 0) is 0 Å². The summed E-state index contributed by atoms with van der Waals surface area (Å²) < 4.78 is 14.0. The largest absolute Gasteiger partial charge is 0.330 e. The van der Waals surface area contributed by atoms with Crippen molar-refractivity contribution >= 4 is 0 Å². The molecule has 0 bridgehead atoms. The van der Waals surface area contributed by atoms with E-state index in [1.165, 1.54) is 19.3 Å². The normalized spacial score (nSPS) is 24.9. The van der Waals surface area contributed by atoms with Crippen LogP contribution in [0.25, 0.3) is 0 Å². The molecule has 0 heterocycles. The minimum Gasteiger partial charge on any atom is -0.330 e. The summed E-state index contributed by atoms with van der Waals surface area (Å²) in [6.07, 6.45) is 3.64. The van der Waals surface area contributed by atoms with E-state index in [0.29, 0.717) is 12.0 Å². The van der Waals surface area contributed by atoms with Crippen molar-refractivity contribution in [2.75, 3.05) is 13.1 Å². The maximum Gasteiger partial charge on any atom is 0.127 e. The van der Waals surface area contributed by atoms with Crippen LogP contribution in [0.5, 0.6) is 0 Å². The van der Waals surface area contributed by atoms with Crippen molar-refractivity contribution in [1.82, 2.24) is 4.90 Å². The molecule has 0 saturated heterocycles. The van der Waals surface area contributed by atoms with Gasteiger partial charge in [-0.15, -0.1) is 0 Å². The number of rotatable bonds is 5. The molecule has 0 aromatic heterocycles. The summed E-state index contributed by atoms with van der Waals surface area (Å²) in [4.78, 5) is 2.42. The Bertz CT molecular complexity index is 407. The lowest BCUT2D eigenvalue weighted by Gasteiger charge is -2.37. The first kappa shape index (κ1) is 14.5. The van der Waals surface area contributed by atoms with Gasteiger partial charge in [0.1, 0.15) is 5.82 Å². The van der Waals surface area contributed by atoms with Crippen LogP contribution in [0, 0.1) is 11.7 Å². The van der Waals surface area contributed by atoms with Crippen LogP contribution in [0.2, 0.25) is 0 Å². The molecule has 1 aromatic rings. The molecule has 1 aromatic carbocycles. The zero-order valence-electron chi connectivity index (χ0n) is 12.0. The zero-order valence-corrected chi connectivity index (χ0v) is 12.0. The van der Waals surface area contributed by atoms with Crippen LogP contribution < -0.4 is 5.73 Å². The third-order valence-electron chi connectivity index (χ3n) is 4.57. The standard InChI is InChI=1S/C16H25FN2/c1-3-19(16-10-6-7-13(16)11-18)12(2)14-8-4-5-9-15(14)17/h4-5,8-9,12-13,16H,3,6-7,10-11,18H2,1-2H3. The van der Waals surface area contributed by atoms with Crippen LogP contribution >= 0.6 is 0 Å². The predicted octanol–water partition coefficient (Wildman–Crippen LogP) is 3.34. The first-order valence-electron chi connectivity index (χ1n) is 7.39.